The highest BCUT2D eigenvalue weighted by molar-refractivity contribution is 9.11. The van der Waals surface area contributed by atoms with Crippen molar-refractivity contribution in [3.05, 3.63) is 182 Å². The van der Waals surface area contributed by atoms with Crippen molar-refractivity contribution >= 4 is 61.8 Å². The largest absolute Gasteiger partial charge is 0.478 e. The van der Waals surface area contributed by atoms with Crippen LogP contribution in [0.25, 0.3) is 50.6 Å². The summed E-state index contributed by atoms with van der Waals surface area (Å²) in [5.74, 6) is -4.17. The topological polar surface area (TPSA) is 149 Å². The Labute approximate surface area is 340 Å². The Balaban J connectivity index is 1.62. The first-order valence-electron chi connectivity index (χ1n) is 17.0. The average Bonchev–Trinajstić information content (AvgIpc) is 3.18. The number of carboxylic acid groups (broad SMARTS) is 4. The standard InChI is InChI=1S/C46H34Br2O8/c1-3-29(43(49)50)9-5-7-27-19-35(31-11-15-33(16-12-31)45(53)54)23-37(21-27)39-25-42(48)40(26-41(39)47)38-22-28(8-6-10-30(4-2)44(51)52)20-36(24-38)32-13-17-34(18-14-32)46(55)56/h3-7,9-26H,1,8H2,2H3,(H,49,50)(H,51,52)(H,53,54)(H,55,56)/b7-5+,10-6-,29-9+,30-4+. The molecule has 0 bridgehead atoms. The van der Waals surface area contributed by atoms with Gasteiger partial charge in [0.15, 0.2) is 0 Å². The number of halogens is 2. The molecule has 280 valence electrons. The number of hydrogen-bond donors (Lipinski definition) is 4. The van der Waals surface area contributed by atoms with E-state index in [-0.39, 0.29) is 22.3 Å². The van der Waals surface area contributed by atoms with Crippen molar-refractivity contribution in [2.24, 2.45) is 0 Å². The first-order chi connectivity index (χ1) is 26.8. The molecule has 0 saturated heterocycles. The Morgan fingerprint density at radius 3 is 1.54 bits per heavy atom. The van der Waals surface area contributed by atoms with Gasteiger partial charge in [-0.3, -0.25) is 0 Å². The molecule has 4 N–H and O–H groups in total. The molecule has 0 radical (unpaired) electrons. The lowest BCUT2D eigenvalue weighted by Gasteiger charge is -2.15. The number of hydrogen-bond acceptors (Lipinski definition) is 4. The number of carboxylic acids is 4. The third kappa shape index (κ3) is 10.0. The van der Waals surface area contributed by atoms with Gasteiger partial charge in [-0.1, -0.05) is 111 Å². The summed E-state index contributed by atoms with van der Waals surface area (Å²) in [6, 6.07) is 29.0. The van der Waals surface area contributed by atoms with Crippen LogP contribution >= 0.6 is 31.9 Å². The van der Waals surface area contributed by atoms with Crippen molar-refractivity contribution in [1.29, 1.82) is 0 Å². The Morgan fingerprint density at radius 2 is 1.07 bits per heavy atom. The van der Waals surface area contributed by atoms with Gasteiger partial charge in [0.2, 0.25) is 0 Å². The summed E-state index contributed by atoms with van der Waals surface area (Å²) in [7, 11) is 0. The molecule has 0 saturated carbocycles. The van der Waals surface area contributed by atoms with Crippen molar-refractivity contribution in [2.75, 3.05) is 0 Å². The monoisotopic (exact) mass is 872 g/mol. The zero-order valence-electron chi connectivity index (χ0n) is 29.9. The summed E-state index contributed by atoms with van der Waals surface area (Å²) in [5, 5.41) is 37.7. The van der Waals surface area contributed by atoms with Crippen LogP contribution in [0.4, 0.5) is 0 Å². The molecule has 0 atom stereocenters. The highest BCUT2D eigenvalue weighted by atomic mass is 79.9. The molecule has 5 aromatic rings. The van der Waals surface area contributed by atoms with Gasteiger partial charge in [-0.25, -0.2) is 19.2 Å². The van der Waals surface area contributed by atoms with E-state index < -0.39 is 23.9 Å². The molecule has 0 spiro atoms. The van der Waals surface area contributed by atoms with Crippen molar-refractivity contribution in [2.45, 2.75) is 13.3 Å². The summed E-state index contributed by atoms with van der Waals surface area (Å²) >= 11 is 7.62. The normalized spacial score (nSPS) is 11.9. The smallest absolute Gasteiger partial charge is 0.335 e. The predicted octanol–water partition coefficient (Wildman–Crippen LogP) is 11.6. The number of carbonyl (C=O) groups is 4. The fraction of sp³-hybridized carbons (Fsp3) is 0.0435. The van der Waals surface area contributed by atoms with E-state index in [0.29, 0.717) is 6.42 Å². The van der Waals surface area contributed by atoms with E-state index in [2.05, 4.69) is 38.4 Å². The number of rotatable bonds is 14. The van der Waals surface area contributed by atoms with Crippen LogP contribution in [0.3, 0.4) is 0 Å². The van der Waals surface area contributed by atoms with Crippen LogP contribution in [0.1, 0.15) is 38.8 Å². The van der Waals surface area contributed by atoms with E-state index in [9.17, 15) is 39.6 Å². The van der Waals surface area contributed by atoms with Gasteiger partial charge >= 0.3 is 23.9 Å². The zero-order valence-corrected chi connectivity index (χ0v) is 33.0. The molecular weight excluding hydrogens is 840 g/mol. The summed E-state index contributed by atoms with van der Waals surface area (Å²) in [4.78, 5) is 46.1. The van der Waals surface area contributed by atoms with Gasteiger partial charge in [0.05, 0.1) is 22.3 Å². The second-order valence-electron chi connectivity index (χ2n) is 12.5. The molecule has 10 heteroatoms. The first-order valence-corrected chi connectivity index (χ1v) is 18.6. The van der Waals surface area contributed by atoms with Gasteiger partial charge in [0.25, 0.3) is 0 Å². The summed E-state index contributed by atoms with van der Waals surface area (Å²) < 4.78 is 1.53. The van der Waals surface area contributed by atoms with E-state index in [1.54, 1.807) is 67.6 Å². The maximum Gasteiger partial charge on any atom is 0.335 e. The zero-order chi connectivity index (χ0) is 40.5. The molecule has 8 nitrogen and oxygen atoms in total. The second-order valence-corrected chi connectivity index (χ2v) is 14.2. The van der Waals surface area contributed by atoms with E-state index in [1.807, 2.05) is 48.5 Å². The third-order valence-electron chi connectivity index (χ3n) is 8.80. The van der Waals surface area contributed by atoms with Crippen molar-refractivity contribution in [3.8, 4) is 44.5 Å². The van der Waals surface area contributed by atoms with Crippen molar-refractivity contribution < 1.29 is 39.6 Å². The molecule has 56 heavy (non-hydrogen) atoms. The number of benzene rings is 5. The average molecular weight is 875 g/mol. The first kappa shape index (κ1) is 40.8. The van der Waals surface area contributed by atoms with Gasteiger partial charge in [-0.2, -0.15) is 0 Å². The fourth-order valence-electron chi connectivity index (χ4n) is 5.90. The lowest BCUT2D eigenvalue weighted by molar-refractivity contribution is -0.133. The minimum absolute atomic E-state index is 0.0347. The van der Waals surface area contributed by atoms with E-state index in [0.717, 1.165) is 64.6 Å². The number of aliphatic carboxylic acids is 2. The quantitative estimate of drug-likeness (QED) is 0.0636. The van der Waals surface area contributed by atoms with Crippen LogP contribution in [0.2, 0.25) is 0 Å². The highest BCUT2D eigenvalue weighted by Crippen LogP contribution is 2.41. The van der Waals surface area contributed by atoms with Crippen molar-refractivity contribution in [3.63, 3.8) is 0 Å². The third-order valence-corrected chi connectivity index (χ3v) is 10.1. The van der Waals surface area contributed by atoms with Crippen LogP contribution in [0, 0.1) is 0 Å². The molecule has 0 heterocycles. The Kier molecular flexibility index (Phi) is 13.3. The van der Waals surface area contributed by atoms with Crippen LogP contribution in [-0.4, -0.2) is 44.3 Å². The minimum Gasteiger partial charge on any atom is -0.478 e. The molecule has 5 aromatic carbocycles. The van der Waals surface area contributed by atoms with Gasteiger partial charge in [-0.15, -0.1) is 0 Å². The van der Waals surface area contributed by atoms with Gasteiger partial charge in [-0.05, 0) is 136 Å². The molecule has 0 aliphatic heterocycles. The van der Waals surface area contributed by atoms with E-state index in [1.165, 1.54) is 30.4 Å². The van der Waals surface area contributed by atoms with Crippen LogP contribution in [-0.2, 0) is 16.0 Å². The summed E-state index contributed by atoms with van der Waals surface area (Å²) in [6.07, 6.45) is 11.4. The molecular formula is C46H34Br2O8. The van der Waals surface area contributed by atoms with Crippen molar-refractivity contribution in [1.82, 2.24) is 0 Å². The molecule has 0 aliphatic carbocycles. The highest BCUT2D eigenvalue weighted by Gasteiger charge is 2.15. The van der Waals surface area contributed by atoms with Gasteiger partial charge in [0, 0.05) is 8.95 Å². The van der Waals surface area contributed by atoms with E-state index >= 15 is 0 Å². The molecule has 0 aliphatic rings. The summed E-state index contributed by atoms with van der Waals surface area (Å²) in [5.41, 5.74) is 8.81. The van der Waals surface area contributed by atoms with E-state index in [4.69, 9.17) is 0 Å². The Bertz CT molecular complexity index is 2490. The number of aromatic carboxylic acids is 2. The molecule has 0 fully saturated rings. The van der Waals surface area contributed by atoms with Gasteiger partial charge < -0.3 is 20.4 Å². The lowest BCUT2D eigenvalue weighted by Crippen LogP contribution is -1.97. The van der Waals surface area contributed by atoms with Crippen LogP contribution in [0.5, 0.6) is 0 Å². The van der Waals surface area contributed by atoms with Crippen LogP contribution in [0.15, 0.2) is 160 Å². The Hall–Kier alpha value is -6.36. The molecule has 0 unspecified atom stereocenters. The minimum atomic E-state index is -1.10. The Morgan fingerprint density at radius 1 is 0.607 bits per heavy atom. The fourth-order valence-corrected chi connectivity index (χ4v) is 7.05. The maximum atomic E-state index is 11.6. The molecule has 0 amide bonds. The molecule has 0 aromatic heterocycles. The second kappa shape index (κ2) is 18.3. The van der Waals surface area contributed by atoms with Crippen LogP contribution < -0.4 is 0 Å². The molecule has 5 rings (SSSR count). The summed E-state index contributed by atoms with van der Waals surface area (Å²) in [6.45, 7) is 5.23. The lowest BCUT2D eigenvalue weighted by atomic mass is 9.92. The van der Waals surface area contributed by atoms with Gasteiger partial charge in [0.1, 0.15) is 0 Å². The SMILES string of the molecule is C=C/C(=C\C=C\c1cc(-c2ccc(C(=O)O)cc2)cc(-c2cc(Br)c(-c3cc(C/C=C\C(=C/C)C(=O)O)cc(-c4ccc(C(=O)O)cc4)c3)cc2Br)c1)C(=O)O. The predicted molar refractivity (Wildman–Crippen MR) is 227 cm³/mol. The number of allylic oxidation sites excluding steroid dienone is 4. The maximum absolute atomic E-state index is 11.6.